The van der Waals surface area contributed by atoms with Gasteiger partial charge < -0.3 is 48.1 Å². The normalized spacial score (nSPS) is 39.8. The van der Waals surface area contributed by atoms with Gasteiger partial charge in [0.2, 0.25) is 0 Å². The first-order valence-electron chi connectivity index (χ1n) is 21.0. The molecule has 15 atom stereocenters. The zero-order chi connectivity index (χ0) is 43.0. The first kappa shape index (κ1) is 44.7. The quantitative estimate of drug-likeness (QED) is 0.284. The van der Waals surface area contributed by atoms with Crippen LogP contribution in [0, 0.1) is 23.7 Å². The van der Waals surface area contributed by atoms with Crippen LogP contribution in [-0.4, -0.2) is 127 Å². The summed E-state index contributed by atoms with van der Waals surface area (Å²) in [6.07, 6.45) is -3.42. The van der Waals surface area contributed by atoms with Crippen molar-refractivity contribution in [2.75, 3.05) is 27.3 Å². The molecule has 1 unspecified atom stereocenters. The second-order valence-electron chi connectivity index (χ2n) is 17.7. The van der Waals surface area contributed by atoms with Gasteiger partial charge in [0.25, 0.3) is 0 Å². The molecule has 4 saturated heterocycles. The number of pyridine rings is 1. The maximum Gasteiger partial charge on any atom is 0.408 e. The lowest BCUT2D eigenvalue weighted by Gasteiger charge is -2.49. The zero-order valence-corrected chi connectivity index (χ0v) is 36.3. The van der Waals surface area contributed by atoms with Gasteiger partial charge in [-0.2, -0.15) is 0 Å². The Balaban J connectivity index is 1.47. The molecule has 4 aliphatic heterocycles. The Morgan fingerprint density at radius 2 is 1.75 bits per heavy atom. The number of cyclic esters (lactones) is 1. The molecule has 6 rings (SSSR count). The number of amides is 1. The summed E-state index contributed by atoms with van der Waals surface area (Å²) in [5, 5.41) is 3.66. The van der Waals surface area contributed by atoms with Gasteiger partial charge in [-0.25, -0.2) is 4.79 Å². The summed E-state index contributed by atoms with van der Waals surface area (Å²) in [7, 11) is 3.83. The number of alkyl carbamates (subject to hydrolysis) is 1. The molecule has 2 aromatic rings. The first-order chi connectivity index (χ1) is 27.9. The van der Waals surface area contributed by atoms with Crippen LogP contribution < -0.4 is 10.1 Å². The van der Waals surface area contributed by atoms with Crippen molar-refractivity contribution in [3.8, 4) is 5.75 Å². The van der Waals surface area contributed by atoms with Crippen LogP contribution in [-0.2, 0) is 47.5 Å². The number of ketones is 1. The average Bonchev–Trinajstić information content (AvgIpc) is 3.52. The molecular weight excluding hydrogens is 762 g/mol. The fourth-order valence-electron chi connectivity index (χ4n) is 9.84. The van der Waals surface area contributed by atoms with Gasteiger partial charge in [0.05, 0.1) is 60.6 Å². The summed E-state index contributed by atoms with van der Waals surface area (Å²) >= 11 is 0. The number of Topliss-reactive ketones (excluding diaryl/α,β-unsaturated/α-hetero) is 1. The maximum absolute atomic E-state index is 14.6. The molecule has 0 radical (unpaired) electrons. The highest BCUT2D eigenvalue weighted by Gasteiger charge is 2.58. The number of para-hydroxylation sites is 1. The lowest BCUT2D eigenvalue weighted by Crippen LogP contribution is -2.61. The average molecular weight is 826 g/mol. The minimum atomic E-state index is -1.34. The number of ether oxygens (including phenoxy) is 8. The van der Waals surface area contributed by atoms with E-state index < -0.39 is 95.8 Å². The molecule has 15 nitrogen and oxygen atoms in total. The number of benzene rings is 1. The Morgan fingerprint density at radius 1 is 1.02 bits per heavy atom. The predicted molar refractivity (Wildman–Crippen MR) is 215 cm³/mol. The minimum Gasteiger partial charge on any atom is -0.485 e. The molecule has 4 aliphatic rings. The number of nitrogens with one attached hydrogen (secondary N) is 1. The molecule has 2 bridgehead atoms. The molecule has 1 amide bonds. The molecule has 4 fully saturated rings. The Morgan fingerprint density at radius 3 is 2.44 bits per heavy atom. The topological polar surface area (TPSA) is 170 Å². The fourth-order valence-corrected chi connectivity index (χ4v) is 9.84. The van der Waals surface area contributed by atoms with E-state index >= 15 is 0 Å². The number of aromatic nitrogens is 1. The van der Waals surface area contributed by atoms with Crippen LogP contribution in [0.15, 0.2) is 36.5 Å². The standard InChI is InChI=1S/C44H63N3O12/c1-12-34-44(9)38(46-42(51)59-44)25(4)35(49)23(2)20-43(8)39(58-41-37(55-28(7)48)32(47(10)11)19-24(3)54-41)26(5)36(27(6)40(50)57-34)52-21-29(22-53-43)56-33-17-18-45-31-16-14-13-15-30(31)33/h13-18,23-27,29,32,34,36-39,41H,12,19-22H2,1-11H3,(H,46,51)/t23-,24-,25+,26+,27-,29?,32+,34-,36+,37-,38-,39-,41+,43-,44-/m1/s1. The van der Waals surface area contributed by atoms with Crippen molar-refractivity contribution < 1.29 is 57.1 Å². The third-order valence-electron chi connectivity index (χ3n) is 12.9. The van der Waals surface area contributed by atoms with E-state index in [4.69, 9.17) is 37.9 Å². The number of carbonyl (C=O) groups is 4. The fraction of sp³-hybridized carbons (Fsp3) is 0.705. The van der Waals surface area contributed by atoms with Crippen LogP contribution >= 0.6 is 0 Å². The van der Waals surface area contributed by atoms with Gasteiger partial charge in [-0.15, -0.1) is 0 Å². The summed E-state index contributed by atoms with van der Waals surface area (Å²) in [5.74, 6) is -3.50. The third-order valence-corrected chi connectivity index (χ3v) is 12.9. The van der Waals surface area contributed by atoms with E-state index in [9.17, 15) is 19.2 Å². The Bertz CT molecular complexity index is 1840. The monoisotopic (exact) mass is 825 g/mol. The second kappa shape index (κ2) is 18.0. The van der Waals surface area contributed by atoms with Crippen LogP contribution in [0.5, 0.6) is 5.75 Å². The molecule has 0 saturated carbocycles. The van der Waals surface area contributed by atoms with Crippen molar-refractivity contribution in [1.29, 1.82) is 0 Å². The van der Waals surface area contributed by atoms with Crippen molar-refractivity contribution >= 4 is 34.7 Å². The number of hydrogen-bond acceptors (Lipinski definition) is 14. The molecule has 1 aromatic carbocycles. The van der Waals surface area contributed by atoms with Gasteiger partial charge in [0, 0.05) is 36.3 Å². The lowest BCUT2D eigenvalue weighted by molar-refractivity contribution is -0.305. The Labute approximate surface area is 347 Å². The smallest absolute Gasteiger partial charge is 0.408 e. The van der Waals surface area contributed by atoms with Gasteiger partial charge in [-0.3, -0.25) is 19.4 Å². The minimum absolute atomic E-state index is 0.0138. The van der Waals surface area contributed by atoms with Crippen LogP contribution in [0.4, 0.5) is 4.79 Å². The first-order valence-corrected chi connectivity index (χ1v) is 21.0. The summed E-state index contributed by atoms with van der Waals surface area (Å²) in [6.45, 7) is 16.1. The number of carbonyl (C=O) groups excluding carboxylic acids is 4. The highest BCUT2D eigenvalue weighted by molar-refractivity contribution is 5.86. The predicted octanol–water partition coefficient (Wildman–Crippen LogP) is 5.24. The summed E-state index contributed by atoms with van der Waals surface area (Å²) < 4.78 is 52.2. The molecule has 0 aliphatic carbocycles. The highest BCUT2D eigenvalue weighted by atomic mass is 16.7. The Kier molecular flexibility index (Phi) is 13.6. The number of nitrogens with zero attached hydrogens (tertiary/aromatic N) is 2. The van der Waals surface area contributed by atoms with E-state index in [0.717, 1.165) is 10.9 Å². The van der Waals surface area contributed by atoms with Crippen LogP contribution in [0.2, 0.25) is 0 Å². The van der Waals surface area contributed by atoms with Gasteiger partial charge in [-0.05, 0) is 79.3 Å². The van der Waals surface area contributed by atoms with E-state index in [1.807, 2.05) is 77.9 Å². The van der Waals surface area contributed by atoms with Crippen molar-refractivity contribution in [2.24, 2.45) is 23.7 Å². The van der Waals surface area contributed by atoms with E-state index in [-0.39, 0.29) is 37.6 Å². The van der Waals surface area contributed by atoms with Crippen molar-refractivity contribution in [3.05, 3.63) is 36.5 Å². The van der Waals surface area contributed by atoms with E-state index in [0.29, 0.717) is 18.6 Å². The van der Waals surface area contributed by atoms with Crippen molar-refractivity contribution in [1.82, 2.24) is 15.2 Å². The molecule has 326 valence electrons. The largest absolute Gasteiger partial charge is 0.485 e. The van der Waals surface area contributed by atoms with Gasteiger partial charge in [0.1, 0.15) is 23.7 Å². The number of rotatable bonds is 7. The van der Waals surface area contributed by atoms with Crippen LogP contribution in [0.1, 0.15) is 81.6 Å². The molecule has 59 heavy (non-hydrogen) atoms. The second-order valence-corrected chi connectivity index (χ2v) is 17.7. The number of hydrogen-bond donors (Lipinski definition) is 1. The van der Waals surface area contributed by atoms with E-state index in [1.54, 1.807) is 33.0 Å². The summed E-state index contributed by atoms with van der Waals surface area (Å²) in [6, 6.07) is 8.40. The molecule has 1 N–H and O–H groups in total. The molecule has 1 aromatic heterocycles. The van der Waals surface area contributed by atoms with Gasteiger partial charge >= 0.3 is 18.0 Å². The maximum atomic E-state index is 14.6. The van der Waals surface area contributed by atoms with Gasteiger partial charge in [0.15, 0.2) is 18.0 Å². The number of fused-ring (bicyclic) bond motifs is 5. The van der Waals surface area contributed by atoms with Crippen molar-refractivity contribution in [2.45, 2.75) is 148 Å². The number of likely N-dealkylation sites (N-methyl/N-ethyl adjacent to an activating group) is 1. The lowest BCUT2D eigenvalue weighted by atomic mass is 9.73. The summed E-state index contributed by atoms with van der Waals surface area (Å²) in [5.41, 5.74) is -1.84. The highest BCUT2D eigenvalue weighted by Crippen LogP contribution is 2.43. The van der Waals surface area contributed by atoms with Crippen molar-refractivity contribution in [3.63, 3.8) is 0 Å². The van der Waals surface area contributed by atoms with Crippen LogP contribution in [0.3, 0.4) is 0 Å². The Hall–Kier alpha value is -3.89. The molecule has 15 heteroatoms. The van der Waals surface area contributed by atoms with E-state index in [1.165, 1.54) is 6.92 Å². The SMILES string of the molecule is CC[C@H]1OC(=O)[C@H](C)[C@H]2OCC(Oc3ccnc4ccccc34)CO[C@](C)(C[C@@H](C)C(=O)[C@H](C)[C@H]3NC(=O)O[C@@]31C)[C@H](O[C@@H]1O[C@H](C)C[C@H](N(C)C)[C@H]1OC(C)=O)[C@H]2C. The van der Waals surface area contributed by atoms with Crippen LogP contribution in [0.25, 0.3) is 10.9 Å². The molecule has 0 spiro atoms. The van der Waals surface area contributed by atoms with E-state index in [2.05, 4.69) is 10.3 Å². The number of esters is 2. The zero-order valence-electron chi connectivity index (χ0n) is 36.3. The summed E-state index contributed by atoms with van der Waals surface area (Å²) in [4.78, 5) is 61.1. The van der Waals surface area contributed by atoms with Gasteiger partial charge in [-0.1, -0.05) is 39.8 Å². The third kappa shape index (κ3) is 9.24. The molecule has 5 heterocycles. The molecular formula is C44H63N3O12.